The fraction of sp³-hybridized carbons (Fsp3) is 0.318. The highest BCUT2D eigenvalue weighted by Crippen LogP contribution is 2.38. The molecule has 0 atom stereocenters. The van der Waals surface area contributed by atoms with Gasteiger partial charge in [-0.2, -0.15) is 0 Å². The molecular formula is C22H27NO. The van der Waals surface area contributed by atoms with Gasteiger partial charge in [-0.15, -0.1) is 0 Å². The van der Waals surface area contributed by atoms with Crippen molar-refractivity contribution in [3.63, 3.8) is 0 Å². The Balaban J connectivity index is 2.57. The first kappa shape index (κ1) is 18.0. The lowest BCUT2D eigenvalue weighted by molar-refractivity contribution is 0.583. The molecule has 126 valence electrons. The summed E-state index contributed by atoms with van der Waals surface area (Å²) in [7, 11) is 0. The highest BCUT2D eigenvalue weighted by Gasteiger charge is 2.17. The van der Waals surface area contributed by atoms with E-state index in [1.54, 1.807) is 0 Å². The zero-order chi connectivity index (χ0) is 17.5. The van der Waals surface area contributed by atoms with Crippen LogP contribution in [-0.4, -0.2) is 6.21 Å². The second-order valence-corrected chi connectivity index (χ2v) is 6.23. The van der Waals surface area contributed by atoms with Crippen LogP contribution < -0.4 is 0 Å². The fourth-order valence-corrected chi connectivity index (χ4v) is 2.77. The molecule has 0 spiro atoms. The van der Waals surface area contributed by atoms with Crippen LogP contribution in [0.15, 0.2) is 52.4 Å². The summed E-state index contributed by atoms with van der Waals surface area (Å²) in [5.74, 6) is 1.49. The third-order valence-corrected chi connectivity index (χ3v) is 3.88. The summed E-state index contributed by atoms with van der Waals surface area (Å²) in [6.07, 6.45) is 11.9. The Morgan fingerprint density at radius 2 is 2.12 bits per heavy atom. The van der Waals surface area contributed by atoms with Crippen LogP contribution in [0.5, 0.6) is 0 Å². The molecule has 2 rings (SSSR count). The van der Waals surface area contributed by atoms with Crippen LogP contribution in [0, 0.1) is 5.92 Å². The van der Waals surface area contributed by atoms with Gasteiger partial charge >= 0.3 is 0 Å². The smallest absolute Gasteiger partial charge is 0.161 e. The number of hydrogen-bond acceptors (Lipinski definition) is 2. The molecule has 0 saturated heterocycles. The first-order chi connectivity index (χ1) is 11.6. The highest BCUT2D eigenvalue weighted by molar-refractivity contribution is 5.98. The van der Waals surface area contributed by atoms with Crippen molar-refractivity contribution in [3.8, 4) is 0 Å². The quantitative estimate of drug-likeness (QED) is 0.495. The molecule has 0 aliphatic heterocycles. The monoisotopic (exact) mass is 321 g/mol. The zero-order valence-electron chi connectivity index (χ0n) is 15.2. The predicted octanol–water partition coefficient (Wildman–Crippen LogP) is 7.19. The standard InChI is InChI=1S/C22H27NO/c1-6-9-10-14-23-20-13-11-12-19-18(8-3)21(24-22(19)20)17(7-2)15-16(4)5/h7-14,16H,3,6,15H2,1-2,4-5H3/b10-9-,17-7-,23-14?. The van der Waals surface area contributed by atoms with E-state index in [1.165, 1.54) is 5.57 Å². The third kappa shape index (κ3) is 3.94. The molecule has 0 radical (unpaired) electrons. The van der Waals surface area contributed by atoms with E-state index in [-0.39, 0.29) is 0 Å². The van der Waals surface area contributed by atoms with Crippen LogP contribution in [0.4, 0.5) is 5.69 Å². The highest BCUT2D eigenvalue weighted by atomic mass is 16.3. The maximum absolute atomic E-state index is 6.25. The van der Waals surface area contributed by atoms with E-state index >= 15 is 0 Å². The summed E-state index contributed by atoms with van der Waals surface area (Å²) >= 11 is 0. The van der Waals surface area contributed by atoms with Gasteiger partial charge < -0.3 is 4.42 Å². The molecule has 1 aromatic heterocycles. The Kier molecular flexibility index (Phi) is 6.36. The Morgan fingerprint density at radius 1 is 1.33 bits per heavy atom. The van der Waals surface area contributed by atoms with E-state index < -0.39 is 0 Å². The molecular weight excluding hydrogens is 294 g/mol. The van der Waals surface area contributed by atoms with Crippen molar-refractivity contribution < 1.29 is 4.42 Å². The minimum Gasteiger partial charge on any atom is -0.454 e. The first-order valence-corrected chi connectivity index (χ1v) is 8.65. The summed E-state index contributed by atoms with van der Waals surface area (Å²) in [6, 6.07) is 6.07. The summed E-state index contributed by atoms with van der Waals surface area (Å²) in [4.78, 5) is 4.55. The average Bonchev–Trinajstić information content (AvgIpc) is 2.95. The number of rotatable bonds is 7. The summed E-state index contributed by atoms with van der Waals surface area (Å²) < 4.78 is 6.25. The SMILES string of the molecule is C=Cc1c(/C(=C\C)CC(C)C)oc2c(N=C/C=C\CC)cccc12. The number of aliphatic imine (C=N–C) groups is 1. The minimum absolute atomic E-state index is 0.568. The van der Waals surface area contributed by atoms with Crippen molar-refractivity contribution in [2.75, 3.05) is 0 Å². The van der Waals surface area contributed by atoms with Crippen LogP contribution >= 0.6 is 0 Å². The Bertz CT molecular complexity index is 788. The topological polar surface area (TPSA) is 25.5 Å². The minimum atomic E-state index is 0.568. The molecule has 0 saturated carbocycles. The number of allylic oxidation sites excluding steroid dienone is 4. The van der Waals surface area contributed by atoms with Crippen molar-refractivity contribution >= 4 is 34.5 Å². The lowest BCUT2D eigenvalue weighted by atomic mass is 9.97. The van der Waals surface area contributed by atoms with Gasteiger partial charge in [-0.3, -0.25) is 4.99 Å². The van der Waals surface area contributed by atoms with Gasteiger partial charge in [0.1, 0.15) is 11.4 Å². The van der Waals surface area contributed by atoms with E-state index in [0.29, 0.717) is 5.92 Å². The molecule has 0 bridgehead atoms. The largest absolute Gasteiger partial charge is 0.454 e. The molecule has 2 aromatic rings. The third-order valence-electron chi connectivity index (χ3n) is 3.88. The summed E-state index contributed by atoms with van der Waals surface area (Å²) in [5.41, 5.74) is 3.95. The van der Waals surface area contributed by atoms with E-state index in [4.69, 9.17) is 4.42 Å². The van der Waals surface area contributed by atoms with Crippen LogP contribution in [0.3, 0.4) is 0 Å². The fourth-order valence-electron chi connectivity index (χ4n) is 2.77. The van der Waals surface area contributed by atoms with Crippen molar-refractivity contribution in [2.24, 2.45) is 10.9 Å². The molecule has 0 amide bonds. The zero-order valence-corrected chi connectivity index (χ0v) is 15.2. The van der Waals surface area contributed by atoms with Crippen molar-refractivity contribution in [1.29, 1.82) is 0 Å². The normalized spacial score (nSPS) is 13.0. The van der Waals surface area contributed by atoms with Gasteiger partial charge in [-0.1, -0.05) is 57.7 Å². The maximum atomic E-state index is 6.25. The van der Waals surface area contributed by atoms with Gasteiger partial charge in [0.05, 0.1) is 0 Å². The number of fused-ring (bicyclic) bond motifs is 1. The molecule has 0 aliphatic carbocycles. The lowest BCUT2D eigenvalue weighted by Gasteiger charge is -2.08. The Morgan fingerprint density at radius 3 is 2.75 bits per heavy atom. The number of hydrogen-bond donors (Lipinski definition) is 0. The molecule has 1 aromatic carbocycles. The van der Waals surface area contributed by atoms with Gasteiger partial charge in [0.2, 0.25) is 0 Å². The van der Waals surface area contributed by atoms with Crippen LogP contribution in [0.1, 0.15) is 51.9 Å². The second kappa shape index (κ2) is 8.49. The van der Waals surface area contributed by atoms with E-state index in [2.05, 4.69) is 57.5 Å². The first-order valence-electron chi connectivity index (χ1n) is 8.65. The number of para-hydroxylation sites is 1. The Labute approximate surface area is 145 Å². The molecule has 0 aliphatic rings. The molecule has 0 unspecified atom stereocenters. The van der Waals surface area contributed by atoms with Crippen LogP contribution in [0.2, 0.25) is 0 Å². The average molecular weight is 321 g/mol. The maximum Gasteiger partial charge on any atom is 0.161 e. The van der Waals surface area contributed by atoms with Gasteiger partial charge in [0, 0.05) is 17.2 Å². The van der Waals surface area contributed by atoms with E-state index in [0.717, 1.165) is 40.8 Å². The predicted molar refractivity (Wildman–Crippen MR) is 107 cm³/mol. The molecule has 2 nitrogen and oxygen atoms in total. The van der Waals surface area contributed by atoms with Crippen molar-refractivity contribution in [3.05, 3.63) is 54.3 Å². The summed E-state index contributed by atoms with van der Waals surface area (Å²) in [6.45, 7) is 12.6. The number of nitrogens with zero attached hydrogens (tertiary/aromatic N) is 1. The van der Waals surface area contributed by atoms with Crippen LogP contribution in [-0.2, 0) is 0 Å². The number of benzene rings is 1. The van der Waals surface area contributed by atoms with Gasteiger partial charge in [-0.05, 0) is 43.4 Å². The van der Waals surface area contributed by atoms with Crippen molar-refractivity contribution in [1.82, 2.24) is 0 Å². The molecule has 0 fully saturated rings. The van der Waals surface area contributed by atoms with Gasteiger partial charge in [-0.25, -0.2) is 0 Å². The van der Waals surface area contributed by atoms with E-state index in [9.17, 15) is 0 Å². The molecule has 1 heterocycles. The van der Waals surface area contributed by atoms with Crippen LogP contribution in [0.25, 0.3) is 22.6 Å². The molecule has 2 heteroatoms. The summed E-state index contributed by atoms with van der Waals surface area (Å²) in [5, 5.41) is 1.07. The number of furan rings is 1. The van der Waals surface area contributed by atoms with Crippen molar-refractivity contribution in [2.45, 2.75) is 40.5 Å². The Hall–Kier alpha value is -2.35. The second-order valence-electron chi connectivity index (χ2n) is 6.23. The van der Waals surface area contributed by atoms with Gasteiger partial charge in [0.25, 0.3) is 0 Å². The lowest BCUT2D eigenvalue weighted by Crippen LogP contribution is -1.91. The molecule has 0 N–H and O–H groups in total. The van der Waals surface area contributed by atoms with E-state index in [1.807, 2.05) is 30.5 Å². The van der Waals surface area contributed by atoms with Gasteiger partial charge in [0.15, 0.2) is 5.58 Å². The molecule has 24 heavy (non-hydrogen) atoms.